The molecule has 3 aromatic rings. The normalized spacial score (nSPS) is 17.8. The second-order valence-corrected chi connectivity index (χ2v) is 9.00. The highest BCUT2D eigenvalue weighted by Gasteiger charge is 2.63. The summed E-state index contributed by atoms with van der Waals surface area (Å²) in [6.07, 6.45) is -15.0. The third-order valence-electron chi connectivity index (χ3n) is 6.22. The van der Waals surface area contributed by atoms with E-state index < -0.39 is 58.9 Å². The van der Waals surface area contributed by atoms with Gasteiger partial charge in [-0.2, -0.15) is 39.5 Å². The first-order chi connectivity index (χ1) is 19.0. The Morgan fingerprint density at radius 2 is 1.66 bits per heavy atom. The fourth-order valence-corrected chi connectivity index (χ4v) is 4.25. The van der Waals surface area contributed by atoms with E-state index in [1.54, 1.807) is 0 Å². The van der Waals surface area contributed by atoms with Crippen LogP contribution in [0.25, 0.3) is 5.65 Å². The number of imidazole rings is 1. The summed E-state index contributed by atoms with van der Waals surface area (Å²) in [5.41, 5.74) is -9.03. The average Bonchev–Trinajstić information content (AvgIpc) is 3.54. The van der Waals surface area contributed by atoms with E-state index in [0.29, 0.717) is 12.2 Å². The zero-order chi connectivity index (χ0) is 30.4. The molecule has 0 radical (unpaired) electrons. The van der Waals surface area contributed by atoms with Crippen molar-refractivity contribution in [3.8, 4) is 0 Å². The lowest BCUT2D eigenvalue weighted by Gasteiger charge is -2.30. The van der Waals surface area contributed by atoms with Crippen molar-refractivity contribution >= 4 is 17.3 Å². The van der Waals surface area contributed by atoms with Crippen molar-refractivity contribution in [2.75, 3.05) is 13.1 Å². The van der Waals surface area contributed by atoms with Gasteiger partial charge in [0.05, 0.1) is 29.8 Å². The third-order valence-corrected chi connectivity index (χ3v) is 6.22. The largest absolute Gasteiger partial charge is 0.435 e. The van der Waals surface area contributed by atoms with Crippen LogP contribution in [0.1, 0.15) is 46.1 Å². The van der Waals surface area contributed by atoms with Gasteiger partial charge in [-0.1, -0.05) is 11.7 Å². The van der Waals surface area contributed by atoms with E-state index in [1.165, 1.54) is 28.9 Å². The highest BCUT2D eigenvalue weighted by Crippen LogP contribution is 2.51. The molecule has 16 heteroatoms. The summed E-state index contributed by atoms with van der Waals surface area (Å²) in [4.78, 5) is 21.5. The van der Waals surface area contributed by atoms with Crippen molar-refractivity contribution in [2.24, 2.45) is 5.16 Å². The van der Waals surface area contributed by atoms with E-state index in [4.69, 9.17) is 0 Å². The minimum Gasteiger partial charge on any atom is -0.388 e. The van der Waals surface area contributed by atoms with Crippen LogP contribution in [0.3, 0.4) is 0 Å². The Balaban J connectivity index is 1.74. The molecule has 0 saturated carbocycles. The topological polar surface area (TPSA) is 80.0 Å². The number of fused-ring (bicyclic) bond motifs is 1. The molecular formula is C25H20F9N5O2. The van der Waals surface area contributed by atoms with Gasteiger partial charge >= 0.3 is 18.5 Å². The van der Waals surface area contributed by atoms with Gasteiger partial charge < -0.3 is 15.5 Å². The number of carbonyl (C=O) groups excluding carboxylic acids is 1. The first-order valence-electron chi connectivity index (χ1n) is 11.8. The zero-order valence-corrected chi connectivity index (χ0v) is 20.9. The zero-order valence-electron chi connectivity index (χ0n) is 20.9. The highest BCUT2D eigenvalue weighted by atomic mass is 19.4. The number of oxime groups is 1. The minimum absolute atomic E-state index is 0.0276. The molecule has 0 bridgehead atoms. The lowest BCUT2D eigenvalue weighted by molar-refractivity contribution is -0.276. The summed E-state index contributed by atoms with van der Waals surface area (Å²) >= 11 is 0. The van der Waals surface area contributed by atoms with E-state index in [1.807, 2.05) is 6.92 Å². The molecule has 0 fully saturated rings. The molecule has 41 heavy (non-hydrogen) atoms. The summed E-state index contributed by atoms with van der Waals surface area (Å²) in [6, 6.07) is 2.09. The maximum atomic E-state index is 14.4. The van der Waals surface area contributed by atoms with Crippen molar-refractivity contribution in [1.29, 1.82) is 0 Å². The fourth-order valence-electron chi connectivity index (χ4n) is 4.25. The summed E-state index contributed by atoms with van der Waals surface area (Å²) in [6.45, 7) is 6.19. The van der Waals surface area contributed by atoms with Crippen molar-refractivity contribution in [3.63, 3.8) is 0 Å². The van der Waals surface area contributed by atoms with E-state index in [9.17, 15) is 44.3 Å². The number of amides is 1. The molecule has 1 aliphatic rings. The number of nitrogens with one attached hydrogen (secondary N) is 2. The summed E-state index contributed by atoms with van der Waals surface area (Å²) in [5, 5.41) is 8.95. The molecule has 2 aromatic heterocycles. The first kappa shape index (κ1) is 29.7. The lowest BCUT2D eigenvalue weighted by Crippen LogP contribution is -2.43. The van der Waals surface area contributed by atoms with Gasteiger partial charge in [0.2, 0.25) is 0 Å². The second kappa shape index (κ2) is 10.3. The van der Waals surface area contributed by atoms with Crippen LogP contribution in [0.4, 0.5) is 39.5 Å². The van der Waals surface area contributed by atoms with E-state index in [0.717, 1.165) is 0 Å². The van der Waals surface area contributed by atoms with Crippen LogP contribution in [0.5, 0.6) is 0 Å². The van der Waals surface area contributed by atoms with Gasteiger partial charge in [-0.15, -0.1) is 0 Å². The number of hydrogen-bond donors (Lipinski definition) is 2. The highest BCUT2D eigenvalue weighted by molar-refractivity contribution is 6.07. The van der Waals surface area contributed by atoms with E-state index >= 15 is 0 Å². The Bertz CT molecular complexity index is 1490. The van der Waals surface area contributed by atoms with Gasteiger partial charge in [0, 0.05) is 35.8 Å². The maximum absolute atomic E-state index is 14.4. The monoisotopic (exact) mass is 593 g/mol. The van der Waals surface area contributed by atoms with Gasteiger partial charge in [0.15, 0.2) is 0 Å². The Hall–Kier alpha value is -4.24. The molecule has 1 unspecified atom stereocenters. The molecule has 1 atom stereocenters. The predicted octanol–water partition coefficient (Wildman–Crippen LogP) is 5.81. The summed E-state index contributed by atoms with van der Waals surface area (Å²) in [7, 11) is 0. The molecule has 0 aliphatic carbocycles. The standard InChI is InChI=1S/C25H20F9N5O2/c1-3-35-13(2)12-37-21(40)19-5-4-17(20-36-6-7-39(19)20)18-11-22(41-38-18,25(32,33)34)14-8-15(23(26,27)28)10-16(9-14)24(29,30)31/h4-10,35H,2-3,11-12H2,1H3,(H,37,40). The number of nitrogens with zero attached hydrogens (tertiary/aromatic N) is 3. The molecule has 220 valence electrons. The molecule has 0 saturated heterocycles. The van der Waals surface area contributed by atoms with Crippen LogP contribution >= 0.6 is 0 Å². The van der Waals surface area contributed by atoms with Crippen molar-refractivity contribution in [1.82, 2.24) is 20.0 Å². The van der Waals surface area contributed by atoms with Crippen LogP contribution in [-0.2, 0) is 22.8 Å². The van der Waals surface area contributed by atoms with Crippen LogP contribution in [-0.4, -0.2) is 40.3 Å². The Morgan fingerprint density at radius 1 is 1.02 bits per heavy atom. The van der Waals surface area contributed by atoms with Crippen LogP contribution in [0.15, 0.2) is 60.2 Å². The number of rotatable bonds is 7. The minimum atomic E-state index is -5.49. The van der Waals surface area contributed by atoms with Crippen molar-refractivity contribution < 1.29 is 49.1 Å². The van der Waals surface area contributed by atoms with Gasteiger partial charge in [0.25, 0.3) is 11.5 Å². The number of likely N-dealkylation sites (N-methyl/N-ethyl adjacent to an activating group) is 1. The number of aromatic nitrogens is 2. The van der Waals surface area contributed by atoms with Crippen LogP contribution < -0.4 is 10.6 Å². The lowest BCUT2D eigenvalue weighted by atomic mass is 9.84. The molecule has 1 aliphatic heterocycles. The van der Waals surface area contributed by atoms with E-state index in [-0.39, 0.29) is 41.6 Å². The molecule has 0 spiro atoms. The number of pyridine rings is 1. The maximum Gasteiger partial charge on any atom is 0.435 e. The predicted molar refractivity (Wildman–Crippen MR) is 127 cm³/mol. The van der Waals surface area contributed by atoms with Gasteiger partial charge in [0.1, 0.15) is 11.3 Å². The smallest absolute Gasteiger partial charge is 0.388 e. The van der Waals surface area contributed by atoms with Gasteiger partial charge in [-0.25, -0.2) is 4.98 Å². The fraction of sp³-hybridized carbons (Fsp3) is 0.320. The number of benzene rings is 1. The van der Waals surface area contributed by atoms with E-state index in [2.05, 4.69) is 32.2 Å². The molecule has 4 rings (SSSR count). The molecule has 2 N–H and O–H groups in total. The Labute approximate surface area is 225 Å². The molecule has 1 aromatic carbocycles. The summed E-state index contributed by atoms with van der Waals surface area (Å²) < 4.78 is 125. The quantitative estimate of drug-likeness (QED) is 0.339. The summed E-state index contributed by atoms with van der Waals surface area (Å²) in [5.74, 6) is -0.587. The second-order valence-electron chi connectivity index (χ2n) is 9.00. The SMILES string of the molecule is C=C(CNC(=O)c1ccc(C2=NOC(c3cc(C(F)(F)F)cc(C(F)(F)F)c3)(C(F)(F)F)C2)c2nccn12)NCC. The average molecular weight is 593 g/mol. The molecule has 1 amide bonds. The van der Waals surface area contributed by atoms with Crippen LogP contribution in [0, 0.1) is 0 Å². The number of hydrogen-bond acceptors (Lipinski definition) is 5. The number of halogens is 9. The molecular weight excluding hydrogens is 573 g/mol. The molecule has 3 heterocycles. The number of alkyl halides is 9. The van der Waals surface area contributed by atoms with Crippen molar-refractivity contribution in [2.45, 2.75) is 37.5 Å². The molecule has 7 nitrogen and oxygen atoms in total. The van der Waals surface area contributed by atoms with Gasteiger partial charge in [-0.05, 0) is 37.3 Å². The Morgan fingerprint density at radius 3 is 2.22 bits per heavy atom. The Kier molecular flexibility index (Phi) is 7.47. The number of carbonyl (C=O) groups is 1. The third kappa shape index (κ3) is 5.67. The van der Waals surface area contributed by atoms with Gasteiger partial charge in [-0.3, -0.25) is 9.20 Å². The van der Waals surface area contributed by atoms with Crippen LogP contribution in [0.2, 0.25) is 0 Å². The first-order valence-corrected chi connectivity index (χ1v) is 11.8. The van der Waals surface area contributed by atoms with Crippen molar-refractivity contribution in [3.05, 3.63) is 82.9 Å².